The molecule has 28 heavy (non-hydrogen) atoms. The molecule has 0 amide bonds. The van der Waals surface area contributed by atoms with E-state index < -0.39 is 52.8 Å². The molecule has 9 heteroatoms. The SMILES string of the molecule is C=CC(O)c1c(C(F)F)nc(C(F)(F)F)c(C(=O)OCC)c1-c1ccccc1. The number of esters is 1. The number of hydrogen-bond donors (Lipinski definition) is 1. The van der Waals surface area contributed by atoms with Crippen molar-refractivity contribution >= 4 is 5.97 Å². The van der Waals surface area contributed by atoms with E-state index in [2.05, 4.69) is 11.6 Å². The van der Waals surface area contributed by atoms with Crippen LogP contribution >= 0.6 is 0 Å². The Morgan fingerprint density at radius 1 is 1.29 bits per heavy atom. The zero-order chi connectivity index (χ0) is 21.1. The lowest BCUT2D eigenvalue weighted by Gasteiger charge is -2.23. The van der Waals surface area contributed by atoms with Crippen molar-refractivity contribution in [1.82, 2.24) is 4.98 Å². The molecule has 0 bridgehead atoms. The summed E-state index contributed by atoms with van der Waals surface area (Å²) in [6.45, 7) is 4.43. The standard InChI is InChI=1S/C19H16F5NO3/c1-3-11(26)13-12(10-8-6-5-7-9-10)14(18(27)28-4-2)16(19(22,23)24)25-15(13)17(20)21/h3,5-9,11,17,26H,1,4H2,2H3. The Labute approximate surface area is 157 Å². The van der Waals surface area contributed by atoms with Gasteiger partial charge in [-0.2, -0.15) is 13.2 Å². The van der Waals surface area contributed by atoms with Gasteiger partial charge in [-0.3, -0.25) is 0 Å². The monoisotopic (exact) mass is 401 g/mol. The number of halogens is 5. The van der Waals surface area contributed by atoms with E-state index in [1.807, 2.05) is 0 Å². The number of alkyl halides is 5. The summed E-state index contributed by atoms with van der Waals surface area (Å²) in [5, 5.41) is 10.2. The van der Waals surface area contributed by atoms with Gasteiger partial charge in [-0.15, -0.1) is 6.58 Å². The maximum absolute atomic E-state index is 13.6. The highest BCUT2D eigenvalue weighted by molar-refractivity contribution is 6.00. The number of nitrogens with zero attached hydrogens (tertiary/aromatic N) is 1. The molecule has 0 aliphatic carbocycles. The first-order valence-corrected chi connectivity index (χ1v) is 8.09. The van der Waals surface area contributed by atoms with Crippen molar-refractivity contribution in [1.29, 1.82) is 0 Å². The second-order valence-electron chi connectivity index (χ2n) is 5.57. The number of rotatable bonds is 6. The van der Waals surface area contributed by atoms with Crippen molar-refractivity contribution in [2.45, 2.75) is 25.6 Å². The number of aliphatic hydroxyl groups excluding tert-OH is 1. The maximum atomic E-state index is 13.6. The van der Waals surface area contributed by atoms with Crippen molar-refractivity contribution in [3.63, 3.8) is 0 Å². The van der Waals surface area contributed by atoms with E-state index in [0.29, 0.717) is 0 Å². The van der Waals surface area contributed by atoms with Crippen molar-refractivity contribution < 1.29 is 36.6 Å². The molecule has 0 saturated heterocycles. The lowest BCUT2D eigenvalue weighted by atomic mass is 9.89. The molecular formula is C19H16F5NO3. The summed E-state index contributed by atoms with van der Waals surface area (Å²) < 4.78 is 72.7. The lowest BCUT2D eigenvalue weighted by molar-refractivity contribution is -0.142. The summed E-state index contributed by atoms with van der Waals surface area (Å²) in [5.41, 5.74) is -5.28. The predicted molar refractivity (Wildman–Crippen MR) is 90.7 cm³/mol. The highest BCUT2D eigenvalue weighted by Gasteiger charge is 2.42. The van der Waals surface area contributed by atoms with Crippen LogP contribution in [0.5, 0.6) is 0 Å². The number of aromatic nitrogens is 1. The van der Waals surface area contributed by atoms with Gasteiger partial charge in [0.2, 0.25) is 0 Å². The van der Waals surface area contributed by atoms with Crippen LogP contribution in [0.3, 0.4) is 0 Å². The van der Waals surface area contributed by atoms with Crippen LogP contribution in [0.25, 0.3) is 11.1 Å². The van der Waals surface area contributed by atoms with E-state index in [9.17, 15) is 31.9 Å². The van der Waals surface area contributed by atoms with E-state index in [0.717, 1.165) is 6.08 Å². The molecule has 2 aromatic rings. The number of carbonyl (C=O) groups excluding carboxylic acids is 1. The molecule has 0 aliphatic rings. The number of carbonyl (C=O) groups is 1. The average molecular weight is 401 g/mol. The largest absolute Gasteiger partial charge is 0.462 e. The average Bonchev–Trinajstić information content (AvgIpc) is 2.65. The number of pyridine rings is 1. The molecule has 1 atom stereocenters. The molecule has 0 radical (unpaired) electrons. The van der Waals surface area contributed by atoms with Gasteiger partial charge in [0.1, 0.15) is 5.69 Å². The zero-order valence-corrected chi connectivity index (χ0v) is 14.6. The minimum absolute atomic E-state index is 0.0104. The van der Waals surface area contributed by atoms with Crippen LogP contribution in [0.1, 0.15) is 46.8 Å². The van der Waals surface area contributed by atoms with Crippen molar-refractivity contribution in [2.24, 2.45) is 0 Å². The minimum atomic E-state index is -5.22. The number of ether oxygens (including phenoxy) is 1. The molecule has 1 N–H and O–H groups in total. The topological polar surface area (TPSA) is 59.4 Å². The molecule has 4 nitrogen and oxygen atoms in total. The molecule has 1 aromatic heterocycles. The highest BCUT2D eigenvalue weighted by atomic mass is 19.4. The predicted octanol–water partition coefficient (Wildman–Crippen LogP) is 5.10. The molecule has 2 rings (SSSR count). The van der Waals surface area contributed by atoms with Gasteiger partial charge in [0.25, 0.3) is 6.43 Å². The fourth-order valence-corrected chi connectivity index (χ4v) is 2.71. The van der Waals surface area contributed by atoms with E-state index in [4.69, 9.17) is 4.74 Å². The van der Waals surface area contributed by atoms with Crippen LogP contribution in [0, 0.1) is 0 Å². The van der Waals surface area contributed by atoms with Crippen LogP contribution in [-0.2, 0) is 10.9 Å². The number of aliphatic hydroxyl groups is 1. The first kappa shape index (κ1) is 21.5. The summed E-state index contributed by atoms with van der Waals surface area (Å²) in [6.07, 6.45) is -9.59. The Bertz CT molecular complexity index is 866. The molecule has 0 fully saturated rings. The molecule has 1 heterocycles. The summed E-state index contributed by atoms with van der Waals surface area (Å²) in [4.78, 5) is 15.4. The summed E-state index contributed by atoms with van der Waals surface area (Å²) in [6, 6.07) is 7.10. The second-order valence-corrected chi connectivity index (χ2v) is 5.57. The van der Waals surface area contributed by atoms with Gasteiger partial charge in [0.05, 0.1) is 18.3 Å². The molecule has 0 aliphatic heterocycles. The van der Waals surface area contributed by atoms with Crippen molar-refractivity contribution in [3.8, 4) is 11.1 Å². The Morgan fingerprint density at radius 2 is 1.89 bits per heavy atom. The van der Waals surface area contributed by atoms with Crippen LogP contribution in [-0.4, -0.2) is 22.7 Å². The van der Waals surface area contributed by atoms with E-state index in [1.54, 1.807) is 6.07 Å². The van der Waals surface area contributed by atoms with Crippen molar-refractivity contribution in [3.05, 3.63) is 65.5 Å². The lowest BCUT2D eigenvalue weighted by Crippen LogP contribution is -2.22. The third-order valence-corrected chi connectivity index (χ3v) is 3.80. The Hall–Kier alpha value is -2.81. The van der Waals surface area contributed by atoms with E-state index >= 15 is 0 Å². The van der Waals surface area contributed by atoms with Gasteiger partial charge in [-0.25, -0.2) is 18.6 Å². The Balaban J connectivity index is 3.09. The van der Waals surface area contributed by atoms with Gasteiger partial charge in [-0.05, 0) is 12.5 Å². The first-order chi connectivity index (χ1) is 13.1. The smallest absolute Gasteiger partial charge is 0.434 e. The number of hydrogen-bond acceptors (Lipinski definition) is 4. The molecule has 1 aromatic carbocycles. The fourth-order valence-electron chi connectivity index (χ4n) is 2.71. The van der Waals surface area contributed by atoms with Gasteiger partial charge >= 0.3 is 12.1 Å². The van der Waals surface area contributed by atoms with Gasteiger partial charge < -0.3 is 9.84 Å². The van der Waals surface area contributed by atoms with Crippen LogP contribution < -0.4 is 0 Å². The summed E-state index contributed by atoms with van der Waals surface area (Å²) in [5.74, 6) is -1.39. The van der Waals surface area contributed by atoms with Crippen LogP contribution in [0.15, 0.2) is 43.0 Å². The molecule has 150 valence electrons. The van der Waals surface area contributed by atoms with E-state index in [1.165, 1.54) is 31.2 Å². The Morgan fingerprint density at radius 3 is 2.36 bits per heavy atom. The highest BCUT2D eigenvalue weighted by Crippen LogP contribution is 2.43. The second kappa shape index (κ2) is 8.47. The minimum Gasteiger partial charge on any atom is -0.462 e. The summed E-state index contributed by atoms with van der Waals surface area (Å²) in [7, 11) is 0. The quantitative estimate of drug-likeness (QED) is 0.416. The zero-order valence-electron chi connectivity index (χ0n) is 14.6. The van der Waals surface area contributed by atoms with E-state index in [-0.39, 0.29) is 12.2 Å². The van der Waals surface area contributed by atoms with Gasteiger partial charge in [0.15, 0.2) is 5.69 Å². The van der Waals surface area contributed by atoms with Crippen LogP contribution in [0.2, 0.25) is 0 Å². The molecule has 1 unspecified atom stereocenters. The third kappa shape index (κ3) is 4.19. The van der Waals surface area contributed by atoms with Gasteiger partial charge in [0, 0.05) is 11.1 Å². The normalized spacial score (nSPS) is 12.7. The first-order valence-electron chi connectivity index (χ1n) is 8.09. The fraction of sp³-hybridized carbons (Fsp3) is 0.263. The molecule has 0 spiro atoms. The maximum Gasteiger partial charge on any atom is 0.434 e. The van der Waals surface area contributed by atoms with Crippen LogP contribution in [0.4, 0.5) is 22.0 Å². The Kier molecular flexibility index (Phi) is 6.50. The van der Waals surface area contributed by atoms with Gasteiger partial charge in [-0.1, -0.05) is 36.4 Å². The number of benzene rings is 1. The summed E-state index contributed by atoms with van der Waals surface area (Å²) >= 11 is 0. The molecule has 0 saturated carbocycles. The third-order valence-electron chi connectivity index (χ3n) is 3.80. The van der Waals surface area contributed by atoms with Crippen molar-refractivity contribution in [2.75, 3.05) is 6.61 Å². The molecular weight excluding hydrogens is 385 g/mol.